The number of hydrogen-bond acceptors (Lipinski definition) is 1. The molecule has 4 rings (SSSR count). The maximum absolute atomic E-state index is 13.2. The van der Waals surface area contributed by atoms with Gasteiger partial charge in [-0.25, -0.2) is 4.39 Å². The lowest BCUT2D eigenvalue weighted by Crippen LogP contribution is -2.28. The van der Waals surface area contributed by atoms with E-state index in [4.69, 9.17) is 0 Å². The Labute approximate surface area is 121 Å². The number of amides is 1. The third-order valence-electron chi connectivity index (χ3n) is 4.01. The minimum atomic E-state index is -0.310. The molecule has 2 aromatic carbocycles. The molecule has 0 fully saturated rings. The molecular formula is C17H13FN2O. The van der Waals surface area contributed by atoms with Gasteiger partial charge in [0.2, 0.25) is 0 Å². The first-order chi connectivity index (χ1) is 10.2. The van der Waals surface area contributed by atoms with Crippen LogP contribution in [0.15, 0.2) is 48.7 Å². The normalized spacial score (nSPS) is 13.7. The van der Waals surface area contributed by atoms with Gasteiger partial charge in [-0.15, -0.1) is 0 Å². The van der Waals surface area contributed by atoms with Crippen LogP contribution < -0.4 is 4.90 Å². The third kappa shape index (κ3) is 1.83. The molecule has 4 heteroatoms. The van der Waals surface area contributed by atoms with E-state index >= 15 is 0 Å². The van der Waals surface area contributed by atoms with E-state index in [1.165, 1.54) is 17.7 Å². The third-order valence-corrected chi connectivity index (χ3v) is 4.01. The molecule has 2 heterocycles. The molecule has 0 saturated carbocycles. The van der Waals surface area contributed by atoms with Gasteiger partial charge in [0.25, 0.3) is 5.91 Å². The predicted molar refractivity (Wildman–Crippen MR) is 80.1 cm³/mol. The van der Waals surface area contributed by atoms with Crippen molar-refractivity contribution in [1.29, 1.82) is 0 Å². The number of nitrogens with zero attached hydrogens (tertiary/aromatic N) is 1. The van der Waals surface area contributed by atoms with Crippen LogP contribution in [0.2, 0.25) is 0 Å². The van der Waals surface area contributed by atoms with Gasteiger partial charge < -0.3 is 9.88 Å². The van der Waals surface area contributed by atoms with Gasteiger partial charge in [0.15, 0.2) is 0 Å². The highest BCUT2D eigenvalue weighted by atomic mass is 19.1. The lowest BCUT2D eigenvalue weighted by atomic mass is 10.1. The van der Waals surface area contributed by atoms with Crippen LogP contribution in [0.3, 0.4) is 0 Å². The fraction of sp³-hybridized carbons (Fsp3) is 0.118. The molecule has 1 N–H and O–H groups in total. The first kappa shape index (κ1) is 12.1. The van der Waals surface area contributed by atoms with E-state index in [-0.39, 0.29) is 11.7 Å². The van der Waals surface area contributed by atoms with E-state index in [0.29, 0.717) is 17.6 Å². The topological polar surface area (TPSA) is 36.1 Å². The zero-order valence-corrected chi connectivity index (χ0v) is 11.3. The Morgan fingerprint density at radius 2 is 2.05 bits per heavy atom. The van der Waals surface area contributed by atoms with E-state index in [1.807, 2.05) is 24.3 Å². The molecule has 1 aliphatic rings. The van der Waals surface area contributed by atoms with E-state index < -0.39 is 0 Å². The zero-order chi connectivity index (χ0) is 14.4. The van der Waals surface area contributed by atoms with Crippen LogP contribution >= 0.6 is 0 Å². The standard InChI is InChI=1S/C17H13FN2O/c18-12-5-6-13-14(10-19-15(13)9-12)17(21)20-8-7-11-3-1-2-4-16(11)20/h1-6,9-10,19H,7-8H2. The molecule has 21 heavy (non-hydrogen) atoms. The largest absolute Gasteiger partial charge is 0.360 e. The quantitative estimate of drug-likeness (QED) is 0.727. The summed E-state index contributed by atoms with van der Waals surface area (Å²) >= 11 is 0. The van der Waals surface area contributed by atoms with Gasteiger partial charge in [-0.3, -0.25) is 4.79 Å². The monoisotopic (exact) mass is 280 g/mol. The highest BCUT2D eigenvalue weighted by molar-refractivity contribution is 6.14. The number of hydrogen-bond donors (Lipinski definition) is 1. The summed E-state index contributed by atoms with van der Waals surface area (Å²) in [6.07, 6.45) is 2.53. The lowest BCUT2D eigenvalue weighted by molar-refractivity contribution is 0.0991. The number of aromatic amines is 1. The van der Waals surface area contributed by atoms with E-state index in [1.54, 1.807) is 17.2 Å². The van der Waals surface area contributed by atoms with Crippen molar-refractivity contribution in [3.8, 4) is 0 Å². The molecule has 0 spiro atoms. The number of rotatable bonds is 1. The first-order valence-electron chi connectivity index (χ1n) is 6.90. The molecule has 3 nitrogen and oxygen atoms in total. The van der Waals surface area contributed by atoms with Gasteiger partial charge in [0, 0.05) is 29.3 Å². The molecule has 1 aliphatic heterocycles. The van der Waals surface area contributed by atoms with E-state index in [0.717, 1.165) is 17.5 Å². The van der Waals surface area contributed by atoms with Crippen molar-refractivity contribution in [3.63, 3.8) is 0 Å². The Kier molecular flexibility index (Phi) is 2.57. The van der Waals surface area contributed by atoms with Crippen LogP contribution in [0.4, 0.5) is 10.1 Å². The number of benzene rings is 2. The van der Waals surface area contributed by atoms with Crippen LogP contribution in [0.5, 0.6) is 0 Å². The minimum absolute atomic E-state index is 0.0437. The molecule has 0 saturated heterocycles. The minimum Gasteiger partial charge on any atom is -0.360 e. The number of aromatic nitrogens is 1. The van der Waals surface area contributed by atoms with Gasteiger partial charge in [0.05, 0.1) is 5.56 Å². The van der Waals surface area contributed by atoms with Gasteiger partial charge in [-0.05, 0) is 36.2 Å². The number of anilines is 1. The molecule has 1 aromatic heterocycles. The van der Waals surface area contributed by atoms with Gasteiger partial charge in [-0.2, -0.15) is 0 Å². The molecule has 104 valence electrons. The summed E-state index contributed by atoms with van der Waals surface area (Å²) in [5.41, 5.74) is 3.39. The average molecular weight is 280 g/mol. The smallest absolute Gasteiger partial charge is 0.260 e. The molecule has 0 aliphatic carbocycles. The van der Waals surface area contributed by atoms with Crippen molar-refractivity contribution >= 4 is 22.5 Å². The maximum Gasteiger partial charge on any atom is 0.260 e. The summed E-state index contributed by atoms with van der Waals surface area (Å²) in [5, 5.41) is 0.755. The predicted octanol–water partition coefficient (Wildman–Crippen LogP) is 3.51. The van der Waals surface area contributed by atoms with E-state index in [2.05, 4.69) is 4.98 Å². The van der Waals surface area contributed by atoms with Crippen molar-refractivity contribution in [2.45, 2.75) is 6.42 Å². The Balaban J connectivity index is 1.78. The number of para-hydroxylation sites is 1. The van der Waals surface area contributed by atoms with Crippen molar-refractivity contribution in [2.75, 3.05) is 11.4 Å². The lowest BCUT2D eigenvalue weighted by Gasteiger charge is -2.16. The molecule has 1 amide bonds. The zero-order valence-electron chi connectivity index (χ0n) is 11.3. The number of halogens is 1. The second kappa shape index (κ2) is 4.45. The Hall–Kier alpha value is -2.62. The number of fused-ring (bicyclic) bond motifs is 2. The summed E-state index contributed by atoms with van der Waals surface area (Å²) < 4.78 is 13.2. The second-order valence-electron chi connectivity index (χ2n) is 5.23. The summed E-state index contributed by atoms with van der Waals surface area (Å²) in [6.45, 7) is 0.687. The van der Waals surface area contributed by atoms with Crippen LogP contribution in [0, 0.1) is 5.82 Å². The SMILES string of the molecule is O=C(c1c[nH]c2cc(F)ccc12)N1CCc2ccccc21. The summed E-state index contributed by atoms with van der Waals surface area (Å²) in [6, 6.07) is 12.4. The molecule has 0 atom stereocenters. The van der Waals surface area contributed by atoms with Crippen molar-refractivity contribution in [2.24, 2.45) is 0 Å². The molecule has 0 unspecified atom stereocenters. The van der Waals surface area contributed by atoms with Gasteiger partial charge >= 0.3 is 0 Å². The van der Waals surface area contributed by atoms with Crippen molar-refractivity contribution in [1.82, 2.24) is 4.98 Å². The van der Waals surface area contributed by atoms with Crippen LogP contribution in [-0.2, 0) is 6.42 Å². The maximum atomic E-state index is 13.2. The fourth-order valence-corrected chi connectivity index (χ4v) is 2.97. The Bertz CT molecular complexity index is 853. The highest BCUT2D eigenvalue weighted by Gasteiger charge is 2.26. The van der Waals surface area contributed by atoms with Crippen LogP contribution in [0.1, 0.15) is 15.9 Å². The first-order valence-corrected chi connectivity index (χ1v) is 6.90. The summed E-state index contributed by atoms with van der Waals surface area (Å²) in [5.74, 6) is -0.354. The summed E-state index contributed by atoms with van der Waals surface area (Å²) in [7, 11) is 0. The highest BCUT2D eigenvalue weighted by Crippen LogP contribution is 2.30. The number of nitrogens with one attached hydrogen (secondary N) is 1. The molecule has 0 radical (unpaired) electrons. The van der Waals surface area contributed by atoms with Gasteiger partial charge in [-0.1, -0.05) is 18.2 Å². The Morgan fingerprint density at radius 1 is 1.19 bits per heavy atom. The molecule has 3 aromatic rings. The van der Waals surface area contributed by atoms with Crippen LogP contribution in [-0.4, -0.2) is 17.4 Å². The van der Waals surface area contributed by atoms with Gasteiger partial charge in [0.1, 0.15) is 5.82 Å². The molecule has 0 bridgehead atoms. The fourth-order valence-electron chi connectivity index (χ4n) is 2.97. The molecular weight excluding hydrogens is 267 g/mol. The second-order valence-corrected chi connectivity index (χ2v) is 5.23. The Morgan fingerprint density at radius 3 is 2.95 bits per heavy atom. The average Bonchev–Trinajstić information content (AvgIpc) is 3.10. The summed E-state index contributed by atoms with van der Waals surface area (Å²) in [4.78, 5) is 17.5. The van der Waals surface area contributed by atoms with Crippen molar-refractivity contribution < 1.29 is 9.18 Å². The van der Waals surface area contributed by atoms with E-state index in [9.17, 15) is 9.18 Å². The number of carbonyl (C=O) groups excluding carboxylic acids is 1. The van der Waals surface area contributed by atoms with Crippen molar-refractivity contribution in [3.05, 3.63) is 65.6 Å². The number of carbonyl (C=O) groups is 1. The number of H-pyrrole nitrogens is 1. The van der Waals surface area contributed by atoms with Crippen LogP contribution in [0.25, 0.3) is 10.9 Å².